The summed E-state index contributed by atoms with van der Waals surface area (Å²) in [5.74, 6) is -1.66. The van der Waals surface area contributed by atoms with Gasteiger partial charge in [0.25, 0.3) is 11.7 Å². The van der Waals surface area contributed by atoms with Crippen LogP contribution in [-0.2, 0) is 9.59 Å². The predicted octanol–water partition coefficient (Wildman–Crippen LogP) is 6.24. The molecule has 0 bridgehead atoms. The van der Waals surface area contributed by atoms with Gasteiger partial charge in [0.15, 0.2) is 0 Å². The van der Waals surface area contributed by atoms with E-state index in [4.69, 9.17) is 16.3 Å². The lowest BCUT2D eigenvalue weighted by molar-refractivity contribution is -0.132. The number of hydrogen-bond acceptors (Lipinski definition) is 4. The highest BCUT2D eigenvalue weighted by Gasteiger charge is 2.47. The highest BCUT2D eigenvalue weighted by atomic mass is 35.5. The Bertz CT molecular complexity index is 1280. The van der Waals surface area contributed by atoms with Crippen molar-refractivity contribution in [1.82, 2.24) is 0 Å². The summed E-state index contributed by atoms with van der Waals surface area (Å²) in [4.78, 5) is 27.7. The second kappa shape index (κ2) is 9.31. The first-order chi connectivity index (χ1) is 16.2. The van der Waals surface area contributed by atoms with Crippen molar-refractivity contribution in [2.45, 2.75) is 25.8 Å². The molecule has 0 aliphatic carbocycles. The van der Waals surface area contributed by atoms with Gasteiger partial charge in [-0.2, -0.15) is 0 Å². The summed E-state index contributed by atoms with van der Waals surface area (Å²) in [7, 11) is 1.56. The van der Waals surface area contributed by atoms with Crippen LogP contribution < -0.4 is 9.64 Å². The third kappa shape index (κ3) is 4.17. The number of rotatable bonds is 5. The van der Waals surface area contributed by atoms with Crippen molar-refractivity contribution in [3.8, 4) is 5.75 Å². The number of aliphatic hydroxyl groups is 1. The largest absolute Gasteiger partial charge is 0.507 e. The first kappa shape index (κ1) is 23.5. The maximum atomic E-state index is 13.6. The van der Waals surface area contributed by atoms with E-state index in [-0.39, 0.29) is 17.3 Å². The maximum absolute atomic E-state index is 13.6. The minimum absolute atomic E-state index is 0.0588. The zero-order valence-corrected chi connectivity index (χ0v) is 19.6. The summed E-state index contributed by atoms with van der Waals surface area (Å²) in [6.07, 6.45) is 0. The Morgan fingerprint density at radius 3 is 2.26 bits per heavy atom. The van der Waals surface area contributed by atoms with Crippen molar-refractivity contribution in [2.24, 2.45) is 0 Å². The van der Waals surface area contributed by atoms with Crippen molar-refractivity contribution in [2.75, 3.05) is 12.0 Å². The molecule has 1 atom stereocenters. The highest BCUT2D eigenvalue weighted by Crippen LogP contribution is 2.43. The number of anilines is 1. The fourth-order valence-corrected chi connectivity index (χ4v) is 4.28. The number of halogens is 2. The number of hydrogen-bond donors (Lipinski definition) is 1. The number of nitrogens with zero attached hydrogens (tertiary/aromatic N) is 1. The normalized spacial score (nSPS) is 17.5. The van der Waals surface area contributed by atoms with Crippen LogP contribution in [0.4, 0.5) is 10.1 Å². The molecule has 1 saturated heterocycles. The van der Waals surface area contributed by atoms with E-state index >= 15 is 0 Å². The number of ketones is 1. The first-order valence-corrected chi connectivity index (χ1v) is 11.1. The predicted molar refractivity (Wildman–Crippen MR) is 130 cm³/mol. The molecule has 5 nitrogen and oxygen atoms in total. The Morgan fingerprint density at radius 1 is 1.03 bits per heavy atom. The average molecular weight is 480 g/mol. The topological polar surface area (TPSA) is 66.8 Å². The molecular weight excluding hydrogens is 457 g/mol. The van der Waals surface area contributed by atoms with Gasteiger partial charge in [-0.25, -0.2) is 4.39 Å². The van der Waals surface area contributed by atoms with E-state index in [9.17, 15) is 19.1 Å². The molecule has 1 amide bonds. The number of carbonyl (C=O) groups is 2. The van der Waals surface area contributed by atoms with Crippen LogP contribution in [0.25, 0.3) is 5.76 Å². The molecule has 1 aliphatic heterocycles. The zero-order chi connectivity index (χ0) is 24.6. The average Bonchev–Trinajstić information content (AvgIpc) is 3.09. The van der Waals surface area contributed by atoms with Crippen LogP contribution in [0, 0.1) is 5.82 Å². The monoisotopic (exact) mass is 479 g/mol. The molecule has 0 saturated carbocycles. The van der Waals surface area contributed by atoms with Gasteiger partial charge < -0.3 is 9.84 Å². The van der Waals surface area contributed by atoms with E-state index in [1.165, 1.54) is 29.2 Å². The van der Waals surface area contributed by atoms with Crippen LogP contribution in [0.5, 0.6) is 5.75 Å². The minimum atomic E-state index is -0.924. The fraction of sp³-hybridized carbons (Fsp3) is 0.185. The quantitative estimate of drug-likeness (QED) is 0.267. The molecule has 1 N–H and O–H groups in total. The second-order valence-corrected chi connectivity index (χ2v) is 8.74. The van der Waals surface area contributed by atoms with Crippen molar-refractivity contribution < 1.29 is 23.8 Å². The van der Waals surface area contributed by atoms with E-state index < -0.39 is 23.5 Å². The molecular formula is C27H23ClFNO4. The van der Waals surface area contributed by atoms with E-state index in [0.29, 0.717) is 27.6 Å². The summed E-state index contributed by atoms with van der Waals surface area (Å²) in [5.41, 5.74) is 2.09. The Balaban J connectivity index is 1.94. The van der Waals surface area contributed by atoms with Gasteiger partial charge in [-0.3, -0.25) is 14.5 Å². The number of carbonyl (C=O) groups excluding carboxylic acids is 2. The summed E-state index contributed by atoms with van der Waals surface area (Å²) in [6.45, 7) is 3.98. The third-order valence-corrected chi connectivity index (χ3v) is 6.11. The fourth-order valence-electron chi connectivity index (χ4n) is 4.15. The van der Waals surface area contributed by atoms with Crippen LogP contribution in [0.1, 0.15) is 42.5 Å². The molecule has 0 radical (unpaired) electrons. The number of amides is 1. The Kier molecular flexibility index (Phi) is 6.44. The molecule has 3 aromatic carbocycles. The summed E-state index contributed by atoms with van der Waals surface area (Å²) >= 11 is 6.05. The standard InChI is InChI=1S/C27H23ClFNO4/c1-15(2)21-14-17(6-13-22(21)34-3)25(31)23-24(16-4-7-18(28)8-5-16)30(27(33)26(23)32)20-11-9-19(29)10-12-20/h4-15,24,31H,1-3H3/b25-23-. The Hall–Kier alpha value is -3.64. The number of methoxy groups -OCH3 is 1. The number of Topliss-reactive ketones (excluding diaryl/α,β-unsaturated/α-hetero) is 1. The molecule has 1 heterocycles. The van der Waals surface area contributed by atoms with Crippen molar-refractivity contribution in [3.63, 3.8) is 0 Å². The second-order valence-electron chi connectivity index (χ2n) is 8.31. The maximum Gasteiger partial charge on any atom is 0.300 e. The third-order valence-electron chi connectivity index (χ3n) is 5.86. The minimum Gasteiger partial charge on any atom is -0.507 e. The molecule has 1 aliphatic rings. The number of aliphatic hydroxyl groups excluding tert-OH is 1. The van der Waals surface area contributed by atoms with Gasteiger partial charge in [-0.15, -0.1) is 0 Å². The molecule has 1 fully saturated rings. The van der Waals surface area contributed by atoms with E-state index in [2.05, 4.69) is 0 Å². The van der Waals surface area contributed by atoms with Crippen molar-refractivity contribution in [1.29, 1.82) is 0 Å². The van der Waals surface area contributed by atoms with Crippen LogP contribution in [-0.4, -0.2) is 23.9 Å². The molecule has 7 heteroatoms. The zero-order valence-electron chi connectivity index (χ0n) is 18.9. The van der Waals surface area contributed by atoms with Crippen LogP contribution in [0.15, 0.2) is 72.3 Å². The molecule has 4 rings (SSSR count). The smallest absolute Gasteiger partial charge is 0.300 e. The van der Waals surface area contributed by atoms with Gasteiger partial charge in [0, 0.05) is 16.3 Å². The van der Waals surface area contributed by atoms with Gasteiger partial charge >= 0.3 is 0 Å². The van der Waals surface area contributed by atoms with Gasteiger partial charge in [-0.1, -0.05) is 37.6 Å². The van der Waals surface area contributed by atoms with Crippen molar-refractivity contribution >= 4 is 34.7 Å². The van der Waals surface area contributed by atoms with Crippen LogP contribution in [0.3, 0.4) is 0 Å². The summed E-state index contributed by atoms with van der Waals surface area (Å²) in [6, 6.07) is 16.1. The van der Waals surface area contributed by atoms with E-state index in [1.807, 2.05) is 13.8 Å². The van der Waals surface area contributed by atoms with E-state index in [1.54, 1.807) is 49.6 Å². The molecule has 3 aromatic rings. The summed E-state index contributed by atoms with van der Waals surface area (Å²) < 4.78 is 19.0. The van der Waals surface area contributed by atoms with Crippen LogP contribution >= 0.6 is 11.6 Å². The van der Waals surface area contributed by atoms with Crippen molar-refractivity contribution in [3.05, 3.63) is 99.8 Å². The van der Waals surface area contributed by atoms with Gasteiger partial charge in [0.2, 0.25) is 0 Å². The van der Waals surface area contributed by atoms with E-state index in [0.717, 1.165) is 5.56 Å². The highest BCUT2D eigenvalue weighted by molar-refractivity contribution is 6.51. The molecule has 1 unspecified atom stereocenters. The lowest BCUT2D eigenvalue weighted by Gasteiger charge is -2.25. The van der Waals surface area contributed by atoms with Gasteiger partial charge in [0.05, 0.1) is 18.7 Å². The summed E-state index contributed by atoms with van der Waals surface area (Å²) in [5, 5.41) is 11.8. The van der Waals surface area contributed by atoms with Gasteiger partial charge in [-0.05, 0) is 71.6 Å². The Labute approximate surface area is 202 Å². The molecule has 34 heavy (non-hydrogen) atoms. The molecule has 174 valence electrons. The first-order valence-electron chi connectivity index (χ1n) is 10.7. The number of ether oxygens (including phenoxy) is 1. The lowest BCUT2D eigenvalue weighted by atomic mass is 9.93. The molecule has 0 spiro atoms. The Morgan fingerprint density at radius 2 is 1.68 bits per heavy atom. The lowest BCUT2D eigenvalue weighted by Crippen LogP contribution is -2.29. The molecule has 0 aromatic heterocycles. The van der Waals surface area contributed by atoms with Crippen LogP contribution in [0.2, 0.25) is 5.02 Å². The van der Waals surface area contributed by atoms with Gasteiger partial charge in [0.1, 0.15) is 17.3 Å². The SMILES string of the molecule is COc1ccc(/C(O)=C2/C(=O)C(=O)N(c3ccc(F)cc3)C2c2ccc(Cl)cc2)cc1C(C)C. The number of benzene rings is 3.